The van der Waals surface area contributed by atoms with Crippen molar-refractivity contribution >= 4 is 5.69 Å². The van der Waals surface area contributed by atoms with Crippen LogP contribution in [0.2, 0.25) is 0 Å². The van der Waals surface area contributed by atoms with Gasteiger partial charge in [0, 0.05) is 12.2 Å². The third-order valence-corrected chi connectivity index (χ3v) is 3.78. The smallest absolute Gasteiger partial charge is 0.0316 e. The second-order valence-electron chi connectivity index (χ2n) is 5.37. The molecule has 94 valence electrons. The van der Waals surface area contributed by atoms with Gasteiger partial charge in [0.1, 0.15) is 0 Å². The van der Waals surface area contributed by atoms with Crippen LogP contribution < -0.4 is 5.73 Å². The third-order valence-electron chi connectivity index (χ3n) is 3.78. The minimum atomic E-state index is 0.881. The predicted octanol–water partition coefficient (Wildman–Crippen LogP) is 2.93. The van der Waals surface area contributed by atoms with Gasteiger partial charge < -0.3 is 10.6 Å². The van der Waals surface area contributed by atoms with E-state index in [1.165, 1.54) is 44.5 Å². The maximum atomic E-state index is 5.80. The molecular formula is C15H24N2. The SMILES string of the molecule is CC1CCCN(CCc2cccc(N)c2)CC1. The van der Waals surface area contributed by atoms with Crippen LogP contribution in [0.5, 0.6) is 0 Å². The molecule has 2 rings (SSSR count). The van der Waals surface area contributed by atoms with E-state index < -0.39 is 0 Å². The van der Waals surface area contributed by atoms with E-state index in [1.54, 1.807) is 0 Å². The first-order valence-corrected chi connectivity index (χ1v) is 6.81. The molecule has 2 nitrogen and oxygen atoms in total. The lowest BCUT2D eigenvalue weighted by atomic mass is 10.0. The molecule has 1 aromatic rings. The number of anilines is 1. The van der Waals surface area contributed by atoms with E-state index in [2.05, 4.69) is 30.0 Å². The Bertz CT molecular complexity index is 349. The topological polar surface area (TPSA) is 29.3 Å². The fraction of sp³-hybridized carbons (Fsp3) is 0.600. The Hall–Kier alpha value is -1.02. The molecule has 17 heavy (non-hydrogen) atoms. The minimum Gasteiger partial charge on any atom is -0.399 e. The Labute approximate surface area is 105 Å². The number of benzene rings is 1. The fourth-order valence-corrected chi connectivity index (χ4v) is 2.58. The van der Waals surface area contributed by atoms with Gasteiger partial charge in [0.2, 0.25) is 0 Å². The lowest BCUT2D eigenvalue weighted by Crippen LogP contribution is -2.27. The van der Waals surface area contributed by atoms with Gasteiger partial charge in [0.25, 0.3) is 0 Å². The maximum absolute atomic E-state index is 5.80. The van der Waals surface area contributed by atoms with Crippen LogP contribution in [0.15, 0.2) is 24.3 Å². The minimum absolute atomic E-state index is 0.881. The maximum Gasteiger partial charge on any atom is 0.0316 e. The standard InChI is InChI=1S/C15H24N2/c1-13-4-3-9-17(10-7-13)11-8-14-5-2-6-15(16)12-14/h2,5-6,12-13H,3-4,7-11,16H2,1H3. The van der Waals surface area contributed by atoms with Crippen LogP contribution in [0.3, 0.4) is 0 Å². The van der Waals surface area contributed by atoms with Gasteiger partial charge in [0.15, 0.2) is 0 Å². The molecule has 1 atom stereocenters. The highest BCUT2D eigenvalue weighted by atomic mass is 15.1. The summed E-state index contributed by atoms with van der Waals surface area (Å²) in [6.45, 7) is 6.09. The average Bonchev–Trinajstić information content (AvgIpc) is 2.52. The van der Waals surface area contributed by atoms with Gasteiger partial charge in [-0.3, -0.25) is 0 Å². The Balaban J connectivity index is 1.81. The zero-order valence-electron chi connectivity index (χ0n) is 10.9. The third kappa shape index (κ3) is 4.04. The highest BCUT2D eigenvalue weighted by Gasteiger charge is 2.13. The van der Waals surface area contributed by atoms with Crippen LogP contribution in [-0.2, 0) is 6.42 Å². The van der Waals surface area contributed by atoms with Gasteiger partial charge in [0.05, 0.1) is 0 Å². The molecule has 0 bridgehead atoms. The van der Waals surface area contributed by atoms with Gasteiger partial charge in [-0.2, -0.15) is 0 Å². The molecular weight excluding hydrogens is 208 g/mol. The summed E-state index contributed by atoms with van der Waals surface area (Å²) >= 11 is 0. The second-order valence-corrected chi connectivity index (χ2v) is 5.37. The molecule has 2 N–H and O–H groups in total. The molecule has 0 saturated carbocycles. The summed E-state index contributed by atoms with van der Waals surface area (Å²) in [7, 11) is 0. The highest BCUT2D eigenvalue weighted by molar-refractivity contribution is 5.40. The van der Waals surface area contributed by atoms with Crippen molar-refractivity contribution in [1.82, 2.24) is 4.90 Å². The molecule has 1 aromatic carbocycles. The van der Waals surface area contributed by atoms with Crippen LogP contribution >= 0.6 is 0 Å². The van der Waals surface area contributed by atoms with Gasteiger partial charge in [-0.25, -0.2) is 0 Å². The van der Waals surface area contributed by atoms with Gasteiger partial charge in [-0.15, -0.1) is 0 Å². The first-order chi connectivity index (χ1) is 8.24. The van der Waals surface area contributed by atoms with Crippen LogP contribution in [0.25, 0.3) is 0 Å². The zero-order chi connectivity index (χ0) is 12.1. The highest BCUT2D eigenvalue weighted by Crippen LogP contribution is 2.17. The normalized spacial score (nSPS) is 22.3. The van der Waals surface area contributed by atoms with Crippen LogP contribution in [0.4, 0.5) is 5.69 Å². The molecule has 0 amide bonds. The van der Waals surface area contributed by atoms with Crippen molar-refractivity contribution in [3.8, 4) is 0 Å². The molecule has 1 saturated heterocycles. The number of nitrogens with zero attached hydrogens (tertiary/aromatic N) is 1. The molecule has 1 fully saturated rings. The molecule has 0 spiro atoms. The summed E-state index contributed by atoms with van der Waals surface area (Å²) in [5, 5.41) is 0. The summed E-state index contributed by atoms with van der Waals surface area (Å²) in [4.78, 5) is 2.60. The van der Waals surface area contributed by atoms with E-state index >= 15 is 0 Å². The zero-order valence-corrected chi connectivity index (χ0v) is 10.9. The van der Waals surface area contributed by atoms with E-state index in [-0.39, 0.29) is 0 Å². The Morgan fingerprint density at radius 2 is 2.18 bits per heavy atom. The Morgan fingerprint density at radius 3 is 3.00 bits per heavy atom. The summed E-state index contributed by atoms with van der Waals surface area (Å²) in [5.74, 6) is 0.910. The lowest BCUT2D eigenvalue weighted by Gasteiger charge is -2.19. The number of rotatable bonds is 3. The lowest BCUT2D eigenvalue weighted by molar-refractivity contribution is 0.285. The number of hydrogen-bond donors (Lipinski definition) is 1. The monoisotopic (exact) mass is 232 g/mol. The molecule has 0 radical (unpaired) electrons. The Kier molecular flexibility index (Phi) is 4.43. The summed E-state index contributed by atoms with van der Waals surface area (Å²) in [5.41, 5.74) is 8.04. The molecule has 1 heterocycles. The summed E-state index contributed by atoms with van der Waals surface area (Å²) < 4.78 is 0. The first-order valence-electron chi connectivity index (χ1n) is 6.81. The van der Waals surface area contributed by atoms with Crippen LogP contribution in [0.1, 0.15) is 31.7 Å². The largest absolute Gasteiger partial charge is 0.399 e. The van der Waals surface area contributed by atoms with Gasteiger partial charge >= 0.3 is 0 Å². The molecule has 0 aromatic heterocycles. The summed E-state index contributed by atoms with van der Waals surface area (Å²) in [6, 6.07) is 8.28. The molecule has 1 aliphatic rings. The van der Waals surface area contributed by atoms with Crippen molar-refractivity contribution in [2.24, 2.45) is 5.92 Å². The molecule has 1 aliphatic heterocycles. The van der Waals surface area contributed by atoms with Crippen molar-refractivity contribution in [2.75, 3.05) is 25.4 Å². The van der Waals surface area contributed by atoms with E-state index in [4.69, 9.17) is 5.73 Å². The van der Waals surface area contributed by atoms with Crippen LogP contribution in [0, 0.1) is 5.92 Å². The molecule has 1 unspecified atom stereocenters. The van der Waals surface area contributed by atoms with E-state index in [0.717, 1.165) is 18.0 Å². The number of likely N-dealkylation sites (tertiary alicyclic amines) is 1. The van der Waals surface area contributed by atoms with E-state index in [1.807, 2.05) is 6.07 Å². The quantitative estimate of drug-likeness (QED) is 0.812. The van der Waals surface area contributed by atoms with Crippen molar-refractivity contribution in [3.63, 3.8) is 0 Å². The summed E-state index contributed by atoms with van der Waals surface area (Å²) in [6.07, 6.45) is 5.24. The van der Waals surface area contributed by atoms with Crippen molar-refractivity contribution < 1.29 is 0 Å². The average molecular weight is 232 g/mol. The van der Waals surface area contributed by atoms with Crippen molar-refractivity contribution in [1.29, 1.82) is 0 Å². The number of nitrogens with two attached hydrogens (primary N) is 1. The van der Waals surface area contributed by atoms with E-state index in [0.29, 0.717) is 0 Å². The Morgan fingerprint density at radius 1 is 1.29 bits per heavy atom. The van der Waals surface area contributed by atoms with Crippen molar-refractivity contribution in [2.45, 2.75) is 32.6 Å². The predicted molar refractivity (Wildman–Crippen MR) is 74.0 cm³/mol. The first kappa shape index (κ1) is 12.4. The number of nitrogen functional groups attached to an aromatic ring is 1. The van der Waals surface area contributed by atoms with Crippen LogP contribution in [-0.4, -0.2) is 24.5 Å². The molecule has 2 heteroatoms. The second kappa shape index (κ2) is 6.06. The van der Waals surface area contributed by atoms with Gasteiger partial charge in [-0.05, 0) is 62.4 Å². The van der Waals surface area contributed by atoms with Gasteiger partial charge in [-0.1, -0.05) is 19.1 Å². The number of hydrogen-bond acceptors (Lipinski definition) is 2. The van der Waals surface area contributed by atoms with E-state index in [9.17, 15) is 0 Å². The fourth-order valence-electron chi connectivity index (χ4n) is 2.58. The van der Waals surface area contributed by atoms with Crippen molar-refractivity contribution in [3.05, 3.63) is 29.8 Å². The molecule has 0 aliphatic carbocycles.